The van der Waals surface area contributed by atoms with Gasteiger partial charge in [-0.15, -0.1) is 0 Å². The molecule has 2 aromatic heterocycles. The van der Waals surface area contributed by atoms with Crippen molar-refractivity contribution < 1.29 is 13.9 Å². The standard InChI is InChI=1S/C24H28FN5O2S/c1-15-17(3)30(13-19-6-8-20(25)9-7-19)23(21(15)12-26)28-22(31)14-33-24-27-16(2)18(4)29(24)10-11-32-5/h6-9H,10-11,13-14H2,1-5H3,(H,28,31). The number of halogens is 1. The summed E-state index contributed by atoms with van der Waals surface area (Å²) < 4.78 is 22.4. The minimum atomic E-state index is -0.309. The average molecular weight is 470 g/mol. The minimum Gasteiger partial charge on any atom is -0.383 e. The highest BCUT2D eigenvalue weighted by atomic mass is 32.2. The molecule has 0 aliphatic rings. The molecule has 1 N–H and O–H groups in total. The van der Waals surface area contributed by atoms with E-state index < -0.39 is 0 Å². The number of thioether (sulfide) groups is 1. The third-order valence-electron chi connectivity index (χ3n) is 5.73. The van der Waals surface area contributed by atoms with Crippen molar-refractivity contribution in [2.45, 2.75) is 45.9 Å². The molecule has 0 atom stereocenters. The van der Waals surface area contributed by atoms with Crippen molar-refractivity contribution in [1.29, 1.82) is 5.26 Å². The van der Waals surface area contributed by atoms with E-state index in [9.17, 15) is 14.4 Å². The second kappa shape index (κ2) is 10.7. The fourth-order valence-corrected chi connectivity index (χ4v) is 4.50. The zero-order valence-electron chi connectivity index (χ0n) is 19.5. The van der Waals surface area contributed by atoms with E-state index in [4.69, 9.17) is 4.74 Å². The highest BCUT2D eigenvalue weighted by Gasteiger charge is 2.21. The molecular formula is C24H28FN5O2S. The van der Waals surface area contributed by atoms with Crippen LogP contribution in [0.3, 0.4) is 0 Å². The summed E-state index contributed by atoms with van der Waals surface area (Å²) in [6, 6.07) is 8.40. The Bertz CT molecular complexity index is 1190. The Kier molecular flexibility index (Phi) is 7.95. The maximum absolute atomic E-state index is 13.3. The first-order valence-corrected chi connectivity index (χ1v) is 11.5. The van der Waals surface area contributed by atoms with Gasteiger partial charge in [0.15, 0.2) is 5.16 Å². The summed E-state index contributed by atoms with van der Waals surface area (Å²) in [4.78, 5) is 17.5. The van der Waals surface area contributed by atoms with Crippen LogP contribution in [0.2, 0.25) is 0 Å². The lowest BCUT2D eigenvalue weighted by Gasteiger charge is -2.14. The summed E-state index contributed by atoms with van der Waals surface area (Å²) in [5.41, 5.74) is 4.95. The molecular weight excluding hydrogens is 441 g/mol. The number of anilines is 1. The van der Waals surface area contributed by atoms with E-state index in [1.807, 2.05) is 36.8 Å². The number of benzene rings is 1. The van der Waals surface area contributed by atoms with Gasteiger partial charge in [-0.3, -0.25) is 4.79 Å². The first-order chi connectivity index (χ1) is 15.8. The number of ether oxygens (including phenoxy) is 1. The second-order valence-electron chi connectivity index (χ2n) is 7.80. The van der Waals surface area contributed by atoms with Gasteiger partial charge in [0.2, 0.25) is 5.91 Å². The van der Waals surface area contributed by atoms with Crippen molar-refractivity contribution >= 4 is 23.5 Å². The van der Waals surface area contributed by atoms with Crippen molar-refractivity contribution in [3.8, 4) is 6.07 Å². The lowest BCUT2D eigenvalue weighted by molar-refractivity contribution is -0.113. The molecule has 33 heavy (non-hydrogen) atoms. The second-order valence-corrected chi connectivity index (χ2v) is 8.75. The SMILES string of the molecule is COCCn1c(SCC(=O)Nc2c(C#N)c(C)c(C)n2Cc2ccc(F)cc2)nc(C)c1C. The largest absolute Gasteiger partial charge is 0.383 e. The maximum Gasteiger partial charge on any atom is 0.235 e. The van der Waals surface area contributed by atoms with Gasteiger partial charge in [0.05, 0.1) is 23.6 Å². The molecule has 0 aliphatic heterocycles. The number of nitriles is 1. The summed E-state index contributed by atoms with van der Waals surface area (Å²) >= 11 is 1.35. The third kappa shape index (κ3) is 5.46. The predicted molar refractivity (Wildman–Crippen MR) is 127 cm³/mol. The molecule has 0 aliphatic carbocycles. The van der Waals surface area contributed by atoms with Crippen LogP contribution in [-0.2, 0) is 22.6 Å². The van der Waals surface area contributed by atoms with Gasteiger partial charge in [0.25, 0.3) is 0 Å². The normalized spacial score (nSPS) is 10.9. The van der Waals surface area contributed by atoms with E-state index in [1.165, 1.54) is 23.9 Å². The van der Waals surface area contributed by atoms with Gasteiger partial charge in [-0.2, -0.15) is 5.26 Å². The third-order valence-corrected chi connectivity index (χ3v) is 6.70. The Balaban J connectivity index is 1.80. The number of hydrogen-bond donors (Lipinski definition) is 1. The van der Waals surface area contributed by atoms with Gasteiger partial charge in [-0.25, -0.2) is 9.37 Å². The molecule has 2 heterocycles. The zero-order valence-corrected chi connectivity index (χ0v) is 20.3. The molecule has 0 saturated carbocycles. The smallest absolute Gasteiger partial charge is 0.235 e. The number of carbonyl (C=O) groups is 1. The summed E-state index contributed by atoms with van der Waals surface area (Å²) in [5, 5.41) is 13.4. The predicted octanol–water partition coefficient (Wildman–Crippen LogP) is 4.35. The molecule has 3 rings (SSSR count). The Hall–Kier alpha value is -3.09. The fraction of sp³-hybridized carbons (Fsp3) is 0.375. The zero-order chi connectivity index (χ0) is 24.1. The van der Waals surface area contributed by atoms with Crippen LogP contribution < -0.4 is 5.32 Å². The monoisotopic (exact) mass is 469 g/mol. The number of nitrogens with zero attached hydrogens (tertiary/aromatic N) is 4. The quantitative estimate of drug-likeness (QED) is 0.471. The van der Waals surface area contributed by atoms with Crippen molar-refractivity contribution in [1.82, 2.24) is 14.1 Å². The van der Waals surface area contributed by atoms with Gasteiger partial charge in [-0.05, 0) is 51.0 Å². The van der Waals surface area contributed by atoms with E-state index in [0.717, 1.165) is 33.4 Å². The van der Waals surface area contributed by atoms with E-state index in [2.05, 4.69) is 16.4 Å². The first kappa shape index (κ1) is 24.6. The molecule has 3 aromatic rings. The highest BCUT2D eigenvalue weighted by molar-refractivity contribution is 7.99. The minimum absolute atomic E-state index is 0.146. The van der Waals surface area contributed by atoms with E-state index in [-0.39, 0.29) is 17.5 Å². The van der Waals surface area contributed by atoms with Gasteiger partial charge < -0.3 is 19.2 Å². The number of imidazole rings is 1. The Morgan fingerprint density at radius 3 is 2.52 bits per heavy atom. The average Bonchev–Trinajstić information content (AvgIpc) is 3.19. The highest BCUT2D eigenvalue weighted by Crippen LogP contribution is 2.28. The number of carbonyl (C=O) groups excluding carboxylic acids is 1. The van der Waals surface area contributed by atoms with Gasteiger partial charge in [-0.1, -0.05) is 23.9 Å². The molecule has 0 unspecified atom stereocenters. The number of methoxy groups -OCH3 is 1. The first-order valence-electron chi connectivity index (χ1n) is 10.6. The molecule has 174 valence electrons. The van der Waals surface area contributed by atoms with Gasteiger partial charge in [0, 0.05) is 31.6 Å². The molecule has 0 saturated heterocycles. The summed E-state index contributed by atoms with van der Waals surface area (Å²) in [7, 11) is 1.65. The van der Waals surface area contributed by atoms with Crippen molar-refractivity contribution in [2.75, 3.05) is 24.8 Å². The number of aryl methyl sites for hydroxylation is 1. The lowest BCUT2D eigenvalue weighted by Crippen LogP contribution is -2.19. The van der Waals surface area contributed by atoms with Crippen LogP contribution in [0.5, 0.6) is 0 Å². The Labute approximate surface area is 197 Å². The molecule has 0 spiro atoms. The van der Waals surface area contributed by atoms with Crippen LogP contribution in [-0.4, -0.2) is 39.5 Å². The molecule has 0 fully saturated rings. The van der Waals surface area contributed by atoms with Crippen LogP contribution in [0.25, 0.3) is 0 Å². The van der Waals surface area contributed by atoms with Crippen LogP contribution in [0.1, 0.15) is 33.8 Å². The number of aromatic nitrogens is 3. The van der Waals surface area contributed by atoms with Gasteiger partial charge in [0.1, 0.15) is 17.7 Å². The Morgan fingerprint density at radius 1 is 1.18 bits per heavy atom. The van der Waals surface area contributed by atoms with Crippen LogP contribution in [0, 0.1) is 44.8 Å². The summed E-state index contributed by atoms with van der Waals surface area (Å²) in [6.07, 6.45) is 0. The van der Waals surface area contributed by atoms with Crippen molar-refractivity contribution in [2.24, 2.45) is 0 Å². The molecule has 9 heteroatoms. The molecule has 1 amide bonds. The Morgan fingerprint density at radius 2 is 1.88 bits per heavy atom. The summed E-state index contributed by atoms with van der Waals surface area (Å²) in [5.74, 6) is 0.0633. The van der Waals surface area contributed by atoms with E-state index in [1.54, 1.807) is 19.2 Å². The van der Waals surface area contributed by atoms with Gasteiger partial charge >= 0.3 is 0 Å². The number of hydrogen-bond acceptors (Lipinski definition) is 5. The molecule has 1 aromatic carbocycles. The number of nitrogens with one attached hydrogen (secondary N) is 1. The lowest BCUT2D eigenvalue weighted by atomic mass is 10.2. The molecule has 0 bridgehead atoms. The van der Waals surface area contributed by atoms with Crippen LogP contribution in [0.15, 0.2) is 29.4 Å². The number of amides is 1. The van der Waals surface area contributed by atoms with E-state index >= 15 is 0 Å². The van der Waals surface area contributed by atoms with Crippen molar-refractivity contribution in [3.05, 3.63) is 63.9 Å². The summed E-state index contributed by atoms with van der Waals surface area (Å²) in [6.45, 7) is 9.32. The number of rotatable bonds is 9. The van der Waals surface area contributed by atoms with Crippen molar-refractivity contribution in [3.63, 3.8) is 0 Å². The topological polar surface area (TPSA) is 84.9 Å². The molecule has 7 nitrogen and oxygen atoms in total. The molecule has 0 radical (unpaired) electrons. The maximum atomic E-state index is 13.3. The van der Waals surface area contributed by atoms with E-state index in [0.29, 0.717) is 31.1 Å². The fourth-order valence-electron chi connectivity index (χ4n) is 3.58. The van der Waals surface area contributed by atoms with Crippen LogP contribution >= 0.6 is 11.8 Å². The van der Waals surface area contributed by atoms with Crippen LogP contribution in [0.4, 0.5) is 10.2 Å².